The first-order chi connectivity index (χ1) is 10.9. The van der Waals surface area contributed by atoms with E-state index in [0.717, 1.165) is 12.1 Å². The van der Waals surface area contributed by atoms with Crippen molar-refractivity contribution in [3.05, 3.63) is 53.1 Å². The van der Waals surface area contributed by atoms with Crippen LogP contribution in [0.15, 0.2) is 42.5 Å². The SMILES string of the molecule is COCCOc1cccc(Nc2ccc(C(F)(F)F)cc2Cl)c1. The van der Waals surface area contributed by atoms with E-state index in [4.69, 9.17) is 21.1 Å². The number of alkyl halides is 3. The standard InChI is InChI=1S/C16H15ClF3NO2/c1-22-7-8-23-13-4-2-3-12(10-13)21-15-6-5-11(9-14(15)17)16(18,19)20/h2-6,9-10,21H,7-8H2,1H3. The van der Waals surface area contributed by atoms with Gasteiger partial charge >= 0.3 is 6.18 Å². The maximum atomic E-state index is 12.6. The number of halogens is 4. The van der Waals surface area contributed by atoms with Gasteiger partial charge in [-0.3, -0.25) is 0 Å². The summed E-state index contributed by atoms with van der Waals surface area (Å²) in [6, 6.07) is 10.2. The zero-order chi connectivity index (χ0) is 16.9. The molecule has 0 radical (unpaired) electrons. The van der Waals surface area contributed by atoms with Crippen LogP contribution in [0.1, 0.15) is 5.56 Å². The van der Waals surface area contributed by atoms with Gasteiger partial charge in [-0.1, -0.05) is 17.7 Å². The maximum absolute atomic E-state index is 12.6. The fourth-order valence-electron chi connectivity index (χ4n) is 1.85. The molecule has 0 saturated carbocycles. The summed E-state index contributed by atoms with van der Waals surface area (Å²) in [6.07, 6.45) is -4.42. The Morgan fingerprint density at radius 2 is 1.87 bits per heavy atom. The number of hydrogen-bond acceptors (Lipinski definition) is 3. The summed E-state index contributed by atoms with van der Waals surface area (Å²) in [7, 11) is 1.58. The Morgan fingerprint density at radius 3 is 2.52 bits per heavy atom. The van der Waals surface area contributed by atoms with Gasteiger partial charge in [0, 0.05) is 18.9 Å². The highest BCUT2D eigenvalue weighted by molar-refractivity contribution is 6.33. The van der Waals surface area contributed by atoms with Gasteiger partial charge in [0.15, 0.2) is 0 Å². The first-order valence-electron chi connectivity index (χ1n) is 6.76. The Labute approximate surface area is 137 Å². The van der Waals surface area contributed by atoms with Crippen LogP contribution in [-0.4, -0.2) is 20.3 Å². The highest BCUT2D eigenvalue weighted by atomic mass is 35.5. The number of nitrogens with one attached hydrogen (secondary N) is 1. The fourth-order valence-corrected chi connectivity index (χ4v) is 2.08. The van der Waals surface area contributed by atoms with Gasteiger partial charge in [0.25, 0.3) is 0 Å². The van der Waals surface area contributed by atoms with Crippen LogP contribution in [-0.2, 0) is 10.9 Å². The molecule has 0 amide bonds. The lowest BCUT2D eigenvalue weighted by atomic mass is 10.2. The predicted octanol–water partition coefficient (Wildman–Crippen LogP) is 5.13. The number of anilines is 2. The molecule has 0 saturated heterocycles. The summed E-state index contributed by atoms with van der Waals surface area (Å²) in [5, 5.41) is 2.96. The van der Waals surface area contributed by atoms with Gasteiger partial charge in [0.2, 0.25) is 0 Å². The molecule has 0 aliphatic heterocycles. The lowest BCUT2D eigenvalue weighted by Gasteiger charge is -2.13. The zero-order valence-corrected chi connectivity index (χ0v) is 13.0. The summed E-state index contributed by atoms with van der Waals surface area (Å²) in [4.78, 5) is 0. The second-order valence-electron chi connectivity index (χ2n) is 4.69. The molecule has 0 atom stereocenters. The zero-order valence-electron chi connectivity index (χ0n) is 12.3. The lowest BCUT2D eigenvalue weighted by Crippen LogP contribution is -2.05. The van der Waals surface area contributed by atoms with Crippen LogP contribution in [0.5, 0.6) is 5.75 Å². The molecule has 124 valence electrons. The summed E-state index contributed by atoms with van der Waals surface area (Å²) in [5.41, 5.74) is 0.250. The highest BCUT2D eigenvalue weighted by Crippen LogP contribution is 2.35. The largest absolute Gasteiger partial charge is 0.491 e. The third-order valence-corrected chi connectivity index (χ3v) is 3.28. The van der Waals surface area contributed by atoms with Crippen LogP contribution in [0.3, 0.4) is 0 Å². The van der Waals surface area contributed by atoms with Gasteiger partial charge < -0.3 is 14.8 Å². The van der Waals surface area contributed by atoms with Gasteiger partial charge in [0.1, 0.15) is 12.4 Å². The van der Waals surface area contributed by atoms with Crippen molar-refractivity contribution in [2.45, 2.75) is 6.18 Å². The third kappa shape index (κ3) is 5.04. The van der Waals surface area contributed by atoms with E-state index >= 15 is 0 Å². The van der Waals surface area contributed by atoms with Crippen molar-refractivity contribution in [1.29, 1.82) is 0 Å². The van der Waals surface area contributed by atoms with Crippen molar-refractivity contribution in [1.82, 2.24) is 0 Å². The Balaban J connectivity index is 2.11. The summed E-state index contributed by atoms with van der Waals surface area (Å²) in [6.45, 7) is 0.864. The van der Waals surface area contributed by atoms with Gasteiger partial charge in [-0.2, -0.15) is 13.2 Å². The smallest absolute Gasteiger partial charge is 0.416 e. The minimum atomic E-state index is -4.42. The van der Waals surface area contributed by atoms with Gasteiger partial charge in [0.05, 0.1) is 22.9 Å². The molecule has 23 heavy (non-hydrogen) atoms. The monoisotopic (exact) mass is 345 g/mol. The Hall–Kier alpha value is -1.92. The van der Waals surface area contributed by atoms with Crippen LogP contribution >= 0.6 is 11.6 Å². The molecule has 3 nitrogen and oxygen atoms in total. The van der Waals surface area contributed by atoms with E-state index in [1.165, 1.54) is 6.07 Å². The second-order valence-corrected chi connectivity index (χ2v) is 5.09. The Kier molecular flexibility index (Phi) is 5.74. The van der Waals surface area contributed by atoms with Crippen molar-refractivity contribution in [2.75, 3.05) is 25.6 Å². The van der Waals surface area contributed by atoms with E-state index in [0.29, 0.717) is 30.3 Å². The molecular formula is C16H15ClF3NO2. The Morgan fingerprint density at radius 1 is 1.09 bits per heavy atom. The average molecular weight is 346 g/mol. The number of hydrogen-bond donors (Lipinski definition) is 1. The molecule has 0 bridgehead atoms. The van der Waals surface area contributed by atoms with Crippen LogP contribution in [0.2, 0.25) is 5.02 Å². The molecule has 0 heterocycles. The molecule has 0 spiro atoms. The number of ether oxygens (including phenoxy) is 2. The lowest BCUT2D eigenvalue weighted by molar-refractivity contribution is -0.137. The van der Waals surface area contributed by atoms with E-state index in [2.05, 4.69) is 5.32 Å². The molecule has 7 heteroatoms. The summed E-state index contributed by atoms with van der Waals surface area (Å²) in [5.74, 6) is 0.620. The quantitative estimate of drug-likeness (QED) is 0.736. The predicted molar refractivity (Wildman–Crippen MR) is 83.5 cm³/mol. The maximum Gasteiger partial charge on any atom is 0.416 e. The second kappa shape index (κ2) is 7.57. The molecule has 0 aliphatic rings. The first-order valence-corrected chi connectivity index (χ1v) is 7.13. The molecule has 2 rings (SSSR count). The molecule has 2 aromatic rings. The fraction of sp³-hybridized carbons (Fsp3) is 0.250. The number of benzene rings is 2. The molecular weight excluding hydrogens is 331 g/mol. The van der Waals surface area contributed by atoms with E-state index in [1.807, 2.05) is 0 Å². The van der Waals surface area contributed by atoms with E-state index < -0.39 is 11.7 Å². The number of methoxy groups -OCH3 is 1. The molecule has 0 fully saturated rings. The molecule has 1 N–H and O–H groups in total. The highest BCUT2D eigenvalue weighted by Gasteiger charge is 2.30. The van der Waals surface area contributed by atoms with Crippen LogP contribution in [0.4, 0.5) is 24.5 Å². The number of rotatable bonds is 6. The van der Waals surface area contributed by atoms with Crippen LogP contribution in [0.25, 0.3) is 0 Å². The first kappa shape index (κ1) is 17.4. The summed E-state index contributed by atoms with van der Waals surface area (Å²) < 4.78 is 48.2. The van der Waals surface area contributed by atoms with E-state index in [1.54, 1.807) is 31.4 Å². The topological polar surface area (TPSA) is 30.5 Å². The Bertz CT molecular complexity index is 662. The van der Waals surface area contributed by atoms with Crippen molar-refractivity contribution in [2.24, 2.45) is 0 Å². The van der Waals surface area contributed by atoms with Gasteiger partial charge in [-0.25, -0.2) is 0 Å². The van der Waals surface area contributed by atoms with Crippen LogP contribution in [0, 0.1) is 0 Å². The van der Waals surface area contributed by atoms with Gasteiger partial charge in [-0.05, 0) is 30.3 Å². The minimum Gasteiger partial charge on any atom is -0.491 e. The van der Waals surface area contributed by atoms with Crippen molar-refractivity contribution >= 4 is 23.0 Å². The molecule has 0 unspecified atom stereocenters. The molecule has 0 aromatic heterocycles. The summed E-state index contributed by atoms with van der Waals surface area (Å²) >= 11 is 5.92. The van der Waals surface area contributed by atoms with Crippen molar-refractivity contribution in [3.8, 4) is 5.75 Å². The van der Waals surface area contributed by atoms with E-state index in [-0.39, 0.29) is 5.02 Å². The van der Waals surface area contributed by atoms with Gasteiger partial charge in [-0.15, -0.1) is 0 Å². The van der Waals surface area contributed by atoms with Crippen molar-refractivity contribution < 1.29 is 22.6 Å². The minimum absolute atomic E-state index is 0.00877. The van der Waals surface area contributed by atoms with E-state index in [9.17, 15) is 13.2 Å². The molecule has 2 aromatic carbocycles. The normalized spacial score (nSPS) is 11.3. The van der Waals surface area contributed by atoms with Crippen molar-refractivity contribution in [3.63, 3.8) is 0 Å². The average Bonchev–Trinajstić information content (AvgIpc) is 2.49. The van der Waals surface area contributed by atoms with Crippen LogP contribution < -0.4 is 10.1 Å². The molecule has 0 aliphatic carbocycles. The third-order valence-electron chi connectivity index (χ3n) is 2.97.